The average molecular weight is 485 g/mol. The van der Waals surface area contributed by atoms with Crippen molar-refractivity contribution in [3.63, 3.8) is 0 Å². The minimum absolute atomic E-state index is 0.0112. The molecule has 0 saturated carbocycles. The molecule has 0 atom stereocenters. The van der Waals surface area contributed by atoms with Gasteiger partial charge >= 0.3 is 10.1 Å². The second kappa shape index (κ2) is 9.84. The molecule has 34 heavy (non-hydrogen) atoms. The molecule has 0 aliphatic carbocycles. The maximum atomic E-state index is 14.0. The number of benzene rings is 2. The van der Waals surface area contributed by atoms with E-state index in [1.165, 1.54) is 48.8 Å². The SMILES string of the molecule is COc1ccc(S(=O)(=O)Oc2cccc(CN(Cc3ccco3)C(=O)c3ccco3)c2)cc1F. The van der Waals surface area contributed by atoms with E-state index in [0.29, 0.717) is 11.3 Å². The molecule has 0 unspecified atom stereocenters. The maximum Gasteiger partial charge on any atom is 0.339 e. The molecule has 4 aromatic rings. The number of hydrogen-bond donors (Lipinski definition) is 0. The zero-order valence-electron chi connectivity index (χ0n) is 18.0. The van der Waals surface area contributed by atoms with Crippen molar-refractivity contribution in [3.8, 4) is 11.5 Å². The molecule has 10 heteroatoms. The second-order valence-corrected chi connectivity index (χ2v) is 8.75. The molecule has 0 aliphatic rings. The Labute approximate surface area is 195 Å². The van der Waals surface area contributed by atoms with E-state index in [-0.39, 0.29) is 41.2 Å². The lowest BCUT2D eigenvalue weighted by atomic mass is 10.2. The summed E-state index contributed by atoms with van der Waals surface area (Å²) in [7, 11) is -3.03. The van der Waals surface area contributed by atoms with Crippen LogP contribution in [-0.2, 0) is 23.2 Å². The summed E-state index contributed by atoms with van der Waals surface area (Å²) in [5, 5.41) is 0. The van der Waals surface area contributed by atoms with Crippen LogP contribution in [0.1, 0.15) is 21.9 Å². The van der Waals surface area contributed by atoms with Gasteiger partial charge in [-0.15, -0.1) is 0 Å². The van der Waals surface area contributed by atoms with Crippen molar-refractivity contribution in [2.24, 2.45) is 0 Å². The zero-order valence-corrected chi connectivity index (χ0v) is 18.8. The predicted molar refractivity (Wildman–Crippen MR) is 118 cm³/mol. The van der Waals surface area contributed by atoms with Gasteiger partial charge in [0.25, 0.3) is 5.91 Å². The minimum atomic E-state index is -4.30. The van der Waals surface area contributed by atoms with Gasteiger partial charge in [-0.1, -0.05) is 12.1 Å². The highest BCUT2D eigenvalue weighted by Gasteiger charge is 2.22. The monoisotopic (exact) mass is 485 g/mol. The molecule has 0 fully saturated rings. The molecule has 0 bridgehead atoms. The highest BCUT2D eigenvalue weighted by atomic mass is 32.2. The van der Waals surface area contributed by atoms with E-state index < -0.39 is 15.9 Å². The molecule has 2 aromatic heterocycles. The van der Waals surface area contributed by atoms with Crippen molar-refractivity contribution in [3.05, 3.63) is 102 Å². The van der Waals surface area contributed by atoms with Gasteiger partial charge in [0.1, 0.15) is 16.4 Å². The van der Waals surface area contributed by atoms with E-state index in [9.17, 15) is 17.6 Å². The summed E-state index contributed by atoms with van der Waals surface area (Å²) < 4.78 is 59.9. The molecule has 0 N–H and O–H groups in total. The molecule has 1 amide bonds. The van der Waals surface area contributed by atoms with E-state index in [1.807, 2.05) is 0 Å². The van der Waals surface area contributed by atoms with Crippen LogP contribution in [0.25, 0.3) is 0 Å². The van der Waals surface area contributed by atoms with Gasteiger partial charge in [0, 0.05) is 6.54 Å². The molecule has 0 radical (unpaired) electrons. The Hall–Kier alpha value is -4.05. The molecule has 8 nitrogen and oxygen atoms in total. The first-order valence-electron chi connectivity index (χ1n) is 10.1. The third-order valence-corrected chi connectivity index (χ3v) is 6.08. The number of methoxy groups -OCH3 is 1. The van der Waals surface area contributed by atoms with Crippen LogP contribution >= 0.6 is 0 Å². The van der Waals surface area contributed by atoms with Crippen LogP contribution in [0.2, 0.25) is 0 Å². The number of hydrogen-bond acceptors (Lipinski definition) is 7. The maximum absolute atomic E-state index is 14.0. The Morgan fingerprint density at radius 1 is 0.971 bits per heavy atom. The van der Waals surface area contributed by atoms with Crippen LogP contribution in [0.4, 0.5) is 4.39 Å². The normalized spacial score (nSPS) is 11.2. The largest absolute Gasteiger partial charge is 0.494 e. The number of amides is 1. The van der Waals surface area contributed by atoms with Crippen molar-refractivity contribution < 1.29 is 35.4 Å². The van der Waals surface area contributed by atoms with Gasteiger partial charge < -0.3 is 22.7 Å². The molecule has 4 rings (SSSR count). The van der Waals surface area contributed by atoms with Crippen LogP contribution in [0.15, 0.2) is 93.0 Å². The Balaban J connectivity index is 1.55. The minimum Gasteiger partial charge on any atom is -0.494 e. The van der Waals surface area contributed by atoms with Gasteiger partial charge in [0.2, 0.25) is 0 Å². The summed E-state index contributed by atoms with van der Waals surface area (Å²) in [5.41, 5.74) is 0.597. The van der Waals surface area contributed by atoms with Crippen molar-refractivity contribution >= 4 is 16.0 Å². The molecule has 176 valence electrons. The predicted octanol–water partition coefficient (Wildman–Crippen LogP) is 4.63. The van der Waals surface area contributed by atoms with Gasteiger partial charge in [-0.25, -0.2) is 4.39 Å². The molecule has 0 spiro atoms. The molecular formula is C24H20FNO7S. The Kier molecular flexibility index (Phi) is 6.69. The lowest BCUT2D eigenvalue weighted by molar-refractivity contribution is 0.0685. The Morgan fingerprint density at radius 2 is 1.76 bits per heavy atom. The van der Waals surface area contributed by atoms with E-state index >= 15 is 0 Å². The third kappa shape index (κ3) is 5.29. The fourth-order valence-corrected chi connectivity index (χ4v) is 4.18. The Morgan fingerprint density at radius 3 is 2.44 bits per heavy atom. The second-order valence-electron chi connectivity index (χ2n) is 7.20. The summed E-state index contributed by atoms with van der Waals surface area (Å²) in [4.78, 5) is 14.1. The third-order valence-electron chi connectivity index (χ3n) is 4.84. The highest BCUT2D eigenvalue weighted by Crippen LogP contribution is 2.25. The number of carbonyl (C=O) groups excluding carboxylic acids is 1. The number of rotatable bonds is 9. The van der Waals surface area contributed by atoms with Gasteiger partial charge in [0.05, 0.1) is 26.2 Å². The van der Waals surface area contributed by atoms with E-state index in [1.54, 1.807) is 36.4 Å². The topological polar surface area (TPSA) is 99.2 Å². The van der Waals surface area contributed by atoms with Gasteiger partial charge in [-0.2, -0.15) is 8.42 Å². The zero-order chi connectivity index (χ0) is 24.1. The summed E-state index contributed by atoms with van der Waals surface area (Å²) in [6.07, 6.45) is 2.91. The summed E-state index contributed by atoms with van der Waals surface area (Å²) >= 11 is 0. The van der Waals surface area contributed by atoms with Crippen LogP contribution in [0, 0.1) is 5.82 Å². The highest BCUT2D eigenvalue weighted by molar-refractivity contribution is 7.87. The first-order chi connectivity index (χ1) is 16.4. The molecule has 0 aliphatic heterocycles. The number of halogens is 1. The first-order valence-corrected chi connectivity index (χ1v) is 11.5. The van der Waals surface area contributed by atoms with Crippen molar-refractivity contribution in [1.82, 2.24) is 4.90 Å². The smallest absolute Gasteiger partial charge is 0.339 e. The Bertz CT molecular complexity index is 1370. The molecule has 2 heterocycles. The lowest BCUT2D eigenvalue weighted by Crippen LogP contribution is -2.29. The molecular weight excluding hydrogens is 465 g/mol. The fourth-order valence-electron chi connectivity index (χ4n) is 3.24. The summed E-state index contributed by atoms with van der Waals surface area (Å²) in [6, 6.07) is 16.1. The number of carbonyl (C=O) groups is 1. The summed E-state index contributed by atoms with van der Waals surface area (Å²) in [5.74, 6) is -0.546. The van der Waals surface area contributed by atoms with E-state index in [4.69, 9.17) is 17.8 Å². The van der Waals surface area contributed by atoms with Gasteiger partial charge in [0.15, 0.2) is 17.3 Å². The molecule has 0 saturated heterocycles. The van der Waals surface area contributed by atoms with E-state index in [2.05, 4.69) is 0 Å². The lowest BCUT2D eigenvalue weighted by Gasteiger charge is -2.21. The number of nitrogens with zero attached hydrogens (tertiary/aromatic N) is 1. The van der Waals surface area contributed by atoms with Crippen molar-refractivity contribution in [1.29, 1.82) is 0 Å². The van der Waals surface area contributed by atoms with Crippen LogP contribution in [-0.4, -0.2) is 26.3 Å². The van der Waals surface area contributed by atoms with Crippen molar-refractivity contribution in [2.45, 2.75) is 18.0 Å². The quantitative estimate of drug-likeness (QED) is 0.319. The van der Waals surface area contributed by atoms with E-state index in [0.717, 1.165) is 6.07 Å². The van der Waals surface area contributed by atoms with Crippen LogP contribution < -0.4 is 8.92 Å². The van der Waals surface area contributed by atoms with Gasteiger partial charge in [-0.05, 0) is 60.2 Å². The van der Waals surface area contributed by atoms with Crippen LogP contribution in [0.3, 0.4) is 0 Å². The number of furan rings is 2. The fraction of sp³-hybridized carbons (Fsp3) is 0.125. The first kappa shape index (κ1) is 23.1. The standard InChI is InChI=1S/C24H20FNO7S/c1-30-22-10-9-20(14-21(22)25)34(28,29)33-18-6-2-5-17(13-18)15-26(16-19-7-3-11-31-19)24(27)23-8-4-12-32-23/h2-14H,15-16H2,1H3. The summed E-state index contributed by atoms with van der Waals surface area (Å²) in [6.45, 7) is 0.287. The number of ether oxygens (including phenoxy) is 1. The molecule has 2 aromatic carbocycles. The van der Waals surface area contributed by atoms with Crippen molar-refractivity contribution in [2.75, 3.05) is 7.11 Å². The van der Waals surface area contributed by atoms with Gasteiger partial charge in [-0.3, -0.25) is 4.79 Å². The average Bonchev–Trinajstić information content (AvgIpc) is 3.53. The van der Waals surface area contributed by atoms with Crippen LogP contribution in [0.5, 0.6) is 11.5 Å².